The largest absolute Gasteiger partial charge is 0.492 e. The highest BCUT2D eigenvalue weighted by molar-refractivity contribution is 7.88. The minimum atomic E-state index is -4.51. The lowest BCUT2D eigenvalue weighted by Gasteiger charge is -2.19. The molecule has 34 heavy (non-hydrogen) atoms. The molecule has 0 unspecified atom stereocenters. The number of aromatic nitrogens is 2. The first-order valence-corrected chi connectivity index (χ1v) is 12.2. The summed E-state index contributed by atoms with van der Waals surface area (Å²) in [5.41, 5.74) is 5.86. The molecule has 1 heterocycles. The Labute approximate surface area is 196 Å². The fourth-order valence-corrected chi connectivity index (χ4v) is 3.67. The van der Waals surface area contributed by atoms with Crippen molar-refractivity contribution >= 4 is 32.4 Å². The summed E-state index contributed by atoms with van der Waals surface area (Å²) in [4.78, 5) is 8.82. The summed E-state index contributed by atoms with van der Waals surface area (Å²) in [6, 6.07) is 8.02. The molecule has 184 valence electrons. The van der Waals surface area contributed by atoms with Crippen molar-refractivity contribution in [3.8, 4) is 5.75 Å². The van der Waals surface area contributed by atoms with Gasteiger partial charge in [0.1, 0.15) is 24.0 Å². The molecule has 2 aromatic carbocycles. The molecule has 3 aromatic rings. The van der Waals surface area contributed by atoms with Crippen LogP contribution < -0.4 is 15.8 Å². The van der Waals surface area contributed by atoms with E-state index < -0.39 is 27.8 Å². The van der Waals surface area contributed by atoms with Crippen molar-refractivity contribution in [2.75, 3.05) is 37.5 Å². The zero-order valence-corrected chi connectivity index (χ0v) is 20.0. The highest BCUT2D eigenvalue weighted by atomic mass is 32.2. The van der Waals surface area contributed by atoms with Crippen LogP contribution in [0.15, 0.2) is 36.4 Å². The van der Waals surface area contributed by atoms with Crippen molar-refractivity contribution in [2.24, 2.45) is 0 Å². The van der Waals surface area contributed by atoms with Crippen molar-refractivity contribution in [2.45, 2.75) is 26.1 Å². The number of benzene rings is 2. The molecule has 0 aliphatic rings. The summed E-state index contributed by atoms with van der Waals surface area (Å²) < 4.78 is 69.5. The fourth-order valence-electron chi connectivity index (χ4n) is 3.26. The number of likely N-dealkylation sites (N-methyl/N-ethyl adjacent to an activating group) is 1. The maximum absolute atomic E-state index is 13.2. The first kappa shape index (κ1) is 25.5. The first-order chi connectivity index (χ1) is 15.7. The molecule has 0 spiro atoms. The van der Waals surface area contributed by atoms with Crippen molar-refractivity contribution in [1.29, 1.82) is 0 Å². The third kappa shape index (κ3) is 6.26. The second-order valence-electron chi connectivity index (χ2n) is 7.98. The van der Waals surface area contributed by atoms with E-state index in [1.54, 1.807) is 32.0 Å². The van der Waals surface area contributed by atoms with Crippen LogP contribution >= 0.6 is 0 Å². The highest BCUT2D eigenvalue weighted by Gasteiger charge is 2.31. The molecular formula is C22H26F3N5O3S. The first-order valence-electron chi connectivity index (χ1n) is 10.3. The van der Waals surface area contributed by atoms with Crippen LogP contribution in [0.1, 0.15) is 29.9 Å². The van der Waals surface area contributed by atoms with Crippen molar-refractivity contribution in [1.82, 2.24) is 14.3 Å². The van der Waals surface area contributed by atoms with Gasteiger partial charge in [-0.3, -0.25) is 0 Å². The van der Waals surface area contributed by atoms with E-state index in [-0.39, 0.29) is 18.8 Å². The number of alkyl halides is 3. The minimum Gasteiger partial charge on any atom is -0.492 e. The van der Waals surface area contributed by atoms with E-state index in [0.29, 0.717) is 33.9 Å². The number of ether oxygens (including phenoxy) is 1. The molecule has 1 atom stereocenters. The van der Waals surface area contributed by atoms with E-state index in [1.165, 1.54) is 17.4 Å². The number of rotatable bonds is 8. The highest BCUT2D eigenvalue weighted by Crippen LogP contribution is 2.34. The second kappa shape index (κ2) is 9.63. The summed E-state index contributed by atoms with van der Waals surface area (Å²) in [5.74, 6) is 1.37. The van der Waals surface area contributed by atoms with Crippen LogP contribution in [0.25, 0.3) is 10.9 Å². The molecule has 0 bridgehead atoms. The van der Waals surface area contributed by atoms with Gasteiger partial charge in [0.25, 0.3) is 0 Å². The monoisotopic (exact) mass is 497 g/mol. The maximum atomic E-state index is 13.2. The molecule has 0 aliphatic carbocycles. The summed E-state index contributed by atoms with van der Waals surface area (Å²) in [5, 5.41) is 3.76. The summed E-state index contributed by atoms with van der Waals surface area (Å²) >= 11 is 0. The minimum absolute atomic E-state index is 0.0111. The molecule has 0 radical (unpaired) electrons. The molecule has 0 saturated carbocycles. The number of halogens is 3. The SMILES string of the molecule is Cc1nc(N[C@H](C)c2cc(N)cc(C(F)(F)F)c2)c2cc(OCCN(C)S(C)(=O)=O)ccc2n1. The Morgan fingerprint density at radius 1 is 1.18 bits per heavy atom. The molecule has 0 aliphatic heterocycles. The molecule has 1 aromatic heterocycles. The lowest BCUT2D eigenvalue weighted by Crippen LogP contribution is -2.29. The Hall–Kier alpha value is -3.12. The number of nitrogens with zero attached hydrogens (tertiary/aromatic N) is 3. The standard InChI is InChI=1S/C22H26F3N5O3S/c1-13(15-9-16(22(23,24)25)11-17(26)10-15)27-21-19-12-18(5-6-20(19)28-14(2)29-21)33-8-7-30(3)34(4,31)32/h5-6,9-13H,7-8,26H2,1-4H3,(H,27,28,29)/t13-/m1/s1. The number of aryl methyl sites for hydroxylation is 1. The number of hydrogen-bond donors (Lipinski definition) is 2. The Morgan fingerprint density at radius 2 is 1.88 bits per heavy atom. The van der Waals surface area contributed by atoms with Crippen LogP contribution in [0.4, 0.5) is 24.7 Å². The van der Waals surface area contributed by atoms with Gasteiger partial charge >= 0.3 is 6.18 Å². The van der Waals surface area contributed by atoms with E-state index in [4.69, 9.17) is 10.5 Å². The number of anilines is 2. The molecule has 0 fully saturated rings. The van der Waals surface area contributed by atoms with Crippen LogP contribution in [0.5, 0.6) is 5.75 Å². The van der Waals surface area contributed by atoms with Gasteiger partial charge in [0.2, 0.25) is 10.0 Å². The zero-order chi connectivity index (χ0) is 25.3. The molecule has 0 amide bonds. The van der Waals surface area contributed by atoms with E-state index in [9.17, 15) is 21.6 Å². The van der Waals surface area contributed by atoms with Gasteiger partial charge in [-0.25, -0.2) is 22.7 Å². The van der Waals surface area contributed by atoms with Crippen LogP contribution in [-0.2, 0) is 16.2 Å². The topological polar surface area (TPSA) is 110 Å². The summed E-state index contributed by atoms with van der Waals surface area (Å²) in [6.45, 7) is 3.72. The van der Waals surface area contributed by atoms with E-state index in [2.05, 4.69) is 15.3 Å². The molecule has 3 N–H and O–H groups in total. The van der Waals surface area contributed by atoms with Gasteiger partial charge in [0.15, 0.2) is 0 Å². The lowest BCUT2D eigenvalue weighted by molar-refractivity contribution is -0.137. The van der Waals surface area contributed by atoms with Crippen molar-refractivity contribution < 1.29 is 26.3 Å². The third-order valence-electron chi connectivity index (χ3n) is 5.18. The number of nitrogens with two attached hydrogens (primary N) is 1. The average molecular weight is 498 g/mol. The van der Waals surface area contributed by atoms with Crippen molar-refractivity contribution in [3.05, 3.63) is 53.3 Å². The zero-order valence-electron chi connectivity index (χ0n) is 19.1. The Bertz CT molecular complexity index is 1300. The number of nitrogen functional groups attached to an aromatic ring is 1. The maximum Gasteiger partial charge on any atom is 0.416 e. The van der Waals surface area contributed by atoms with E-state index in [0.717, 1.165) is 18.4 Å². The summed E-state index contributed by atoms with van der Waals surface area (Å²) in [7, 11) is -1.86. The molecule has 3 rings (SSSR count). The average Bonchev–Trinajstić information content (AvgIpc) is 2.72. The number of nitrogens with one attached hydrogen (secondary N) is 1. The van der Waals surface area contributed by atoms with Gasteiger partial charge in [0, 0.05) is 24.7 Å². The fraction of sp³-hybridized carbons (Fsp3) is 0.364. The third-order valence-corrected chi connectivity index (χ3v) is 6.49. The van der Waals surface area contributed by atoms with Crippen LogP contribution in [0.3, 0.4) is 0 Å². The van der Waals surface area contributed by atoms with Crippen LogP contribution in [0, 0.1) is 6.92 Å². The van der Waals surface area contributed by atoms with Gasteiger partial charge in [-0.2, -0.15) is 13.2 Å². The molecular weight excluding hydrogens is 471 g/mol. The van der Waals surface area contributed by atoms with Gasteiger partial charge in [0.05, 0.1) is 23.4 Å². The molecule has 8 nitrogen and oxygen atoms in total. The predicted molar refractivity (Wildman–Crippen MR) is 125 cm³/mol. The van der Waals surface area contributed by atoms with Gasteiger partial charge < -0.3 is 15.8 Å². The Morgan fingerprint density at radius 3 is 2.53 bits per heavy atom. The lowest BCUT2D eigenvalue weighted by atomic mass is 10.0. The number of fused-ring (bicyclic) bond motifs is 1. The van der Waals surface area contributed by atoms with Crippen LogP contribution in [-0.4, -0.2) is 49.1 Å². The van der Waals surface area contributed by atoms with Crippen LogP contribution in [0.2, 0.25) is 0 Å². The predicted octanol–water partition coefficient (Wildman–Crippen LogP) is 3.98. The van der Waals surface area contributed by atoms with Gasteiger partial charge in [-0.15, -0.1) is 0 Å². The Balaban J connectivity index is 1.87. The number of sulfonamides is 1. The normalized spacial score (nSPS) is 13.3. The molecule has 0 saturated heterocycles. The molecule has 12 heteroatoms. The smallest absolute Gasteiger partial charge is 0.416 e. The van der Waals surface area contributed by atoms with E-state index >= 15 is 0 Å². The van der Waals surface area contributed by atoms with Crippen molar-refractivity contribution in [3.63, 3.8) is 0 Å². The van der Waals surface area contributed by atoms with Gasteiger partial charge in [-0.1, -0.05) is 0 Å². The quantitative estimate of drug-likeness (QED) is 0.453. The summed E-state index contributed by atoms with van der Waals surface area (Å²) in [6.07, 6.45) is -3.40. The Kier molecular flexibility index (Phi) is 7.22. The number of hydrogen-bond acceptors (Lipinski definition) is 7. The van der Waals surface area contributed by atoms with E-state index in [1.807, 2.05) is 0 Å². The second-order valence-corrected chi connectivity index (χ2v) is 10.1. The van der Waals surface area contributed by atoms with Gasteiger partial charge in [-0.05, 0) is 55.8 Å².